The molecule has 15 heteroatoms. The summed E-state index contributed by atoms with van der Waals surface area (Å²) < 4.78 is 33.6. The quantitative estimate of drug-likeness (QED) is 0.0180. The molecule has 0 saturated carbocycles. The fourth-order valence-electron chi connectivity index (χ4n) is 8.39. The maximum absolute atomic E-state index is 13.0. The molecule has 0 radical (unpaired) electrons. The predicted molar refractivity (Wildman–Crippen MR) is 252 cm³/mol. The number of ether oxygens (including phenoxy) is 6. The second kappa shape index (κ2) is 39.0. The van der Waals surface area contributed by atoms with Crippen molar-refractivity contribution in [1.82, 2.24) is 0 Å². The number of unbranched alkanes of at least 4 members (excludes halogenated alkanes) is 25. The van der Waals surface area contributed by atoms with Gasteiger partial charge in [0.05, 0.1) is 19.8 Å². The number of esters is 2. The second-order valence-electron chi connectivity index (χ2n) is 18.7. The molecule has 388 valence electrons. The molecule has 2 rings (SSSR count). The minimum Gasteiger partial charge on any atom is -0.462 e. The highest BCUT2D eigenvalue weighted by Crippen LogP contribution is 2.26. The average Bonchev–Trinajstić information content (AvgIpc) is 3.31. The molecule has 2 aliphatic rings. The van der Waals surface area contributed by atoms with E-state index in [0.717, 1.165) is 57.8 Å². The maximum atomic E-state index is 13.0. The van der Waals surface area contributed by atoms with Gasteiger partial charge in [0, 0.05) is 12.8 Å². The molecule has 0 spiro atoms. The molecule has 0 aromatic carbocycles. The first-order valence-electron chi connectivity index (χ1n) is 26.3. The summed E-state index contributed by atoms with van der Waals surface area (Å²) in [7, 11) is 0. The minimum absolute atomic E-state index is 0.159. The fraction of sp³-hybridized carbons (Fsp3) is 0.922. The van der Waals surface area contributed by atoms with Crippen LogP contribution in [0.2, 0.25) is 0 Å². The highest BCUT2D eigenvalue weighted by atomic mass is 16.7. The van der Waals surface area contributed by atoms with Crippen molar-refractivity contribution in [2.24, 2.45) is 0 Å². The molecule has 0 aromatic rings. The summed E-state index contributed by atoms with van der Waals surface area (Å²) in [5.74, 6) is -0.924. The zero-order valence-electron chi connectivity index (χ0n) is 40.9. The van der Waals surface area contributed by atoms with E-state index in [4.69, 9.17) is 28.4 Å². The summed E-state index contributed by atoms with van der Waals surface area (Å²) >= 11 is 0. The van der Waals surface area contributed by atoms with Gasteiger partial charge in [-0.25, -0.2) is 0 Å². The monoisotopic (exact) mass is 947 g/mol. The Morgan fingerprint density at radius 3 is 1.33 bits per heavy atom. The van der Waals surface area contributed by atoms with E-state index in [0.29, 0.717) is 12.8 Å². The van der Waals surface area contributed by atoms with E-state index in [1.807, 2.05) is 0 Å². The number of allylic oxidation sites excluding steroid dienone is 2. The average molecular weight is 947 g/mol. The van der Waals surface area contributed by atoms with Crippen molar-refractivity contribution in [3.8, 4) is 0 Å². The molecular formula is C51H94O15. The van der Waals surface area contributed by atoms with Gasteiger partial charge in [0.15, 0.2) is 18.7 Å². The van der Waals surface area contributed by atoms with Gasteiger partial charge in [-0.3, -0.25) is 9.59 Å². The molecular weight excluding hydrogens is 853 g/mol. The van der Waals surface area contributed by atoms with Crippen LogP contribution in [0.5, 0.6) is 0 Å². The highest BCUT2D eigenvalue weighted by molar-refractivity contribution is 5.70. The Balaban J connectivity index is 1.80. The SMILES string of the molecule is CCCCCCCC/C=C/CCCCCCCC(=O)O[C@H](COC(=O)CCCCCCCCCCCCCCCCC)CO[C@@H]1O[C@H](CO[C@@H]2O[C@H](CO)[C@H](O)C(O)C2O)[C@H](O)C(O)C1O. The fourth-order valence-corrected chi connectivity index (χ4v) is 8.39. The first-order chi connectivity index (χ1) is 32.0. The van der Waals surface area contributed by atoms with Crippen molar-refractivity contribution < 1.29 is 73.8 Å². The number of carbonyl (C=O) groups excluding carboxylic acids is 2. The molecule has 7 N–H and O–H groups in total. The first-order valence-corrected chi connectivity index (χ1v) is 26.3. The number of aliphatic hydroxyl groups excluding tert-OH is 7. The number of aliphatic hydroxyl groups is 7. The second-order valence-corrected chi connectivity index (χ2v) is 18.7. The Hall–Kier alpha value is -1.76. The molecule has 2 aliphatic heterocycles. The Morgan fingerprint density at radius 2 is 0.864 bits per heavy atom. The van der Waals surface area contributed by atoms with E-state index in [9.17, 15) is 45.3 Å². The van der Waals surface area contributed by atoms with Crippen LogP contribution in [-0.2, 0) is 38.0 Å². The van der Waals surface area contributed by atoms with Gasteiger partial charge in [-0.1, -0.05) is 167 Å². The molecule has 66 heavy (non-hydrogen) atoms. The summed E-state index contributed by atoms with van der Waals surface area (Å²) in [6.07, 6.45) is 20.9. The Labute approximate surface area is 397 Å². The zero-order valence-corrected chi connectivity index (χ0v) is 40.9. The van der Waals surface area contributed by atoms with Gasteiger partial charge in [-0.05, 0) is 38.5 Å². The van der Waals surface area contributed by atoms with Gasteiger partial charge in [-0.15, -0.1) is 0 Å². The van der Waals surface area contributed by atoms with E-state index in [1.165, 1.54) is 109 Å². The van der Waals surface area contributed by atoms with Crippen molar-refractivity contribution in [3.63, 3.8) is 0 Å². The molecule has 0 amide bonds. The predicted octanol–water partition coefficient (Wildman–Crippen LogP) is 7.38. The Kier molecular flexibility index (Phi) is 35.7. The third-order valence-corrected chi connectivity index (χ3v) is 12.7. The van der Waals surface area contributed by atoms with Gasteiger partial charge in [0.1, 0.15) is 55.4 Å². The van der Waals surface area contributed by atoms with Crippen LogP contribution in [0.3, 0.4) is 0 Å². The van der Waals surface area contributed by atoms with Crippen LogP contribution in [0.4, 0.5) is 0 Å². The third kappa shape index (κ3) is 26.8. The largest absolute Gasteiger partial charge is 0.462 e. The van der Waals surface area contributed by atoms with Gasteiger partial charge >= 0.3 is 11.9 Å². The third-order valence-electron chi connectivity index (χ3n) is 12.7. The van der Waals surface area contributed by atoms with Gasteiger partial charge < -0.3 is 64.2 Å². The lowest BCUT2D eigenvalue weighted by molar-refractivity contribution is -0.332. The smallest absolute Gasteiger partial charge is 0.306 e. The Bertz CT molecular complexity index is 1210. The molecule has 0 aromatic heterocycles. The number of carbonyl (C=O) groups is 2. The molecule has 2 fully saturated rings. The molecule has 2 saturated heterocycles. The van der Waals surface area contributed by atoms with E-state index < -0.39 is 92.7 Å². The molecule has 0 bridgehead atoms. The molecule has 2 heterocycles. The van der Waals surface area contributed by atoms with Crippen molar-refractivity contribution in [2.45, 2.75) is 274 Å². The Morgan fingerprint density at radius 1 is 0.470 bits per heavy atom. The molecule has 15 nitrogen and oxygen atoms in total. The van der Waals surface area contributed by atoms with Crippen LogP contribution >= 0.6 is 0 Å². The number of hydrogen-bond acceptors (Lipinski definition) is 15. The van der Waals surface area contributed by atoms with Crippen molar-refractivity contribution in [2.75, 3.05) is 26.4 Å². The van der Waals surface area contributed by atoms with E-state index in [-0.39, 0.29) is 26.1 Å². The lowest BCUT2D eigenvalue weighted by Gasteiger charge is -2.42. The maximum Gasteiger partial charge on any atom is 0.306 e. The highest BCUT2D eigenvalue weighted by Gasteiger charge is 2.47. The van der Waals surface area contributed by atoms with E-state index >= 15 is 0 Å². The van der Waals surface area contributed by atoms with Crippen LogP contribution in [0.1, 0.15) is 206 Å². The summed E-state index contributed by atoms with van der Waals surface area (Å²) in [4.78, 5) is 25.8. The summed E-state index contributed by atoms with van der Waals surface area (Å²) in [6.45, 7) is 2.60. The van der Waals surface area contributed by atoms with E-state index in [2.05, 4.69) is 26.0 Å². The van der Waals surface area contributed by atoms with Crippen LogP contribution in [0.25, 0.3) is 0 Å². The number of hydrogen-bond donors (Lipinski definition) is 7. The van der Waals surface area contributed by atoms with Crippen LogP contribution < -0.4 is 0 Å². The minimum atomic E-state index is -1.76. The van der Waals surface area contributed by atoms with Crippen molar-refractivity contribution >= 4 is 11.9 Å². The molecule has 11 atom stereocenters. The van der Waals surface area contributed by atoms with Gasteiger partial charge in [-0.2, -0.15) is 0 Å². The standard InChI is InChI=1S/C51H94O15/c1-3-5-7-9-11-13-15-17-19-21-23-25-27-29-31-33-42(53)61-36-39(64-43(54)34-32-30-28-26-24-22-20-18-16-14-12-10-8-6-4-2)37-62-50-49(60)47(58)45(56)41(66-50)38-63-51-48(59)46(57)44(55)40(35-52)65-51/h18,20,39-41,44-52,55-60H,3-17,19,21-38H2,1-2H3/b20-18+/t39-,40-,41-,44+,45+,46?,47?,48?,49?,50-,51-/m1/s1. The van der Waals surface area contributed by atoms with E-state index in [1.54, 1.807) is 0 Å². The zero-order chi connectivity index (χ0) is 48.2. The lowest BCUT2D eigenvalue weighted by Crippen LogP contribution is -2.61. The van der Waals surface area contributed by atoms with Gasteiger partial charge in [0.25, 0.3) is 0 Å². The van der Waals surface area contributed by atoms with Crippen molar-refractivity contribution in [1.29, 1.82) is 0 Å². The summed E-state index contributed by atoms with van der Waals surface area (Å²) in [5.41, 5.74) is 0. The van der Waals surface area contributed by atoms with Crippen LogP contribution in [0.15, 0.2) is 12.2 Å². The number of rotatable bonds is 41. The van der Waals surface area contributed by atoms with Crippen LogP contribution in [-0.4, -0.2) is 142 Å². The summed E-state index contributed by atoms with van der Waals surface area (Å²) in [5, 5.41) is 72.1. The van der Waals surface area contributed by atoms with Crippen LogP contribution in [0, 0.1) is 0 Å². The molecule has 4 unspecified atom stereocenters. The topological polar surface area (TPSA) is 231 Å². The first kappa shape index (κ1) is 60.4. The molecule has 0 aliphatic carbocycles. The van der Waals surface area contributed by atoms with Crippen molar-refractivity contribution in [3.05, 3.63) is 12.2 Å². The van der Waals surface area contributed by atoms with Gasteiger partial charge in [0.2, 0.25) is 0 Å². The lowest BCUT2D eigenvalue weighted by atomic mass is 9.98. The normalized spacial score (nSPS) is 26.2. The summed E-state index contributed by atoms with van der Waals surface area (Å²) in [6, 6.07) is 0.